The SMILES string of the molecule is COc1ccc(C(=O)NC2C(C)(C)C(N)C2(C)C)cc1Br. The maximum atomic E-state index is 12.5. The molecule has 0 heterocycles. The third-order valence-corrected chi connectivity index (χ3v) is 5.40. The van der Waals surface area contributed by atoms with Crippen molar-refractivity contribution in [2.75, 3.05) is 7.11 Å². The molecule has 0 aliphatic heterocycles. The number of nitrogens with one attached hydrogen (secondary N) is 1. The van der Waals surface area contributed by atoms with E-state index < -0.39 is 0 Å². The van der Waals surface area contributed by atoms with Crippen LogP contribution in [0, 0.1) is 10.8 Å². The number of halogens is 1. The van der Waals surface area contributed by atoms with Gasteiger partial charge in [0.2, 0.25) is 0 Å². The molecule has 5 heteroatoms. The molecule has 1 saturated carbocycles. The van der Waals surface area contributed by atoms with E-state index in [0.29, 0.717) is 11.3 Å². The minimum absolute atomic E-state index is 0.0494. The fourth-order valence-electron chi connectivity index (χ4n) is 3.57. The van der Waals surface area contributed by atoms with Crippen LogP contribution in [0.1, 0.15) is 38.1 Å². The molecule has 1 amide bonds. The number of rotatable bonds is 3. The molecular formula is C16H23BrN2O2. The zero-order valence-electron chi connectivity index (χ0n) is 13.2. The van der Waals surface area contributed by atoms with E-state index in [-0.39, 0.29) is 28.8 Å². The molecule has 1 aliphatic carbocycles. The van der Waals surface area contributed by atoms with Crippen LogP contribution in [0.5, 0.6) is 5.75 Å². The largest absolute Gasteiger partial charge is 0.496 e. The second kappa shape index (κ2) is 5.29. The molecule has 0 bridgehead atoms. The summed E-state index contributed by atoms with van der Waals surface area (Å²) >= 11 is 3.40. The molecule has 21 heavy (non-hydrogen) atoms. The van der Waals surface area contributed by atoms with Gasteiger partial charge in [0, 0.05) is 28.5 Å². The molecule has 4 nitrogen and oxygen atoms in total. The molecule has 116 valence electrons. The number of hydrogen-bond donors (Lipinski definition) is 2. The van der Waals surface area contributed by atoms with Crippen LogP contribution in [0.25, 0.3) is 0 Å². The molecule has 0 atom stereocenters. The number of hydrogen-bond acceptors (Lipinski definition) is 3. The second-order valence-electron chi connectivity index (χ2n) is 6.88. The van der Waals surface area contributed by atoms with Crippen LogP contribution >= 0.6 is 15.9 Å². The van der Waals surface area contributed by atoms with E-state index in [1.54, 1.807) is 25.3 Å². The van der Waals surface area contributed by atoms with E-state index >= 15 is 0 Å². The summed E-state index contributed by atoms with van der Waals surface area (Å²) in [6.45, 7) is 8.38. The quantitative estimate of drug-likeness (QED) is 0.876. The van der Waals surface area contributed by atoms with Gasteiger partial charge in [0.1, 0.15) is 5.75 Å². The number of carbonyl (C=O) groups excluding carboxylic acids is 1. The molecule has 1 aromatic carbocycles. The average molecular weight is 355 g/mol. The summed E-state index contributed by atoms with van der Waals surface area (Å²) in [5.74, 6) is 0.620. The van der Waals surface area contributed by atoms with Crippen molar-refractivity contribution in [3.63, 3.8) is 0 Å². The highest BCUT2D eigenvalue weighted by Crippen LogP contribution is 2.52. The third kappa shape index (κ3) is 2.57. The van der Waals surface area contributed by atoms with Gasteiger partial charge in [0.15, 0.2) is 0 Å². The van der Waals surface area contributed by atoms with Crippen molar-refractivity contribution < 1.29 is 9.53 Å². The zero-order valence-corrected chi connectivity index (χ0v) is 14.7. The first-order chi connectivity index (χ1) is 9.62. The van der Waals surface area contributed by atoms with Gasteiger partial charge in [-0.05, 0) is 34.1 Å². The Balaban J connectivity index is 2.17. The standard InChI is InChI=1S/C16H23BrN2O2/c1-15(2)13(18)16(3,4)14(15)19-12(20)9-6-7-11(21-5)10(17)8-9/h6-8,13-14H,18H2,1-5H3,(H,19,20). The fraction of sp³-hybridized carbons (Fsp3) is 0.562. The Morgan fingerprint density at radius 1 is 1.29 bits per heavy atom. The molecule has 0 spiro atoms. The molecule has 3 N–H and O–H groups in total. The van der Waals surface area contributed by atoms with E-state index in [1.165, 1.54) is 0 Å². The molecular weight excluding hydrogens is 332 g/mol. The van der Waals surface area contributed by atoms with Crippen LogP contribution in [-0.2, 0) is 0 Å². The number of methoxy groups -OCH3 is 1. The summed E-state index contributed by atoms with van der Waals surface area (Å²) in [6, 6.07) is 5.43. The molecule has 1 aliphatic rings. The zero-order chi connectivity index (χ0) is 16.0. The highest BCUT2D eigenvalue weighted by atomic mass is 79.9. The Bertz CT molecular complexity index is 553. The van der Waals surface area contributed by atoms with Gasteiger partial charge in [-0.1, -0.05) is 27.7 Å². The topological polar surface area (TPSA) is 64.3 Å². The van der Waals surface area contributed by atoms with Gasteiger partial charge in [-0.25, -0.2) is 0 Å². The van der Waals surface area contributed by atoms with Gasteiger partial charge in [0.25, 0.3) is 5.91 Å². The summed E-state index contributed by atoms with van der Waals surface area (Å²) in [5, 5.41) is 3.13. The van der Waals surface area contributed by atoms with Crippen molar-refractivity contribution in [2.24, 2.45) is 16.6 Å². The number of benzene rings is 1. The molecule has 0 aromatic heterocycles. The van der Waals surface area contributed by atoms with Crippen molar-refractivity contribution in [3.8, 4) is 5.75 Å². The van der Waals surface area contributed by atoms with E-state index in [4.69, 9.17) is 10.5 Å². The number of carbonyl (C=O) groups is 1. The van der Waals surface area contributed by atoms with Crippen LogP contribution in [0.15, 0.2) is 22.7 Å². The van der Waals surface area contributed by atoms with Crippen molar-refractivity contribution >= 4 is 21.8 Å². The predicted molar refractivity (Wildman–Crippen MR) is 87.5 cm³/mol. The predicted octanol–water partition coefficient (Wildman–Crippen LogP) is 2.95. The molecule has 0 radical (unpaired) electrons. The van der Waals surface area contributed by atoms with Gasteiger partial charge >= 0.3 is 0 Å². The Hall–Kier alpha value is -1.07. The summed E-state index contributed by atoms with van der Waals surface area (Å²) in [7, 11) is 1.60. The van der Waals surface area contributed by atoms with Gasteiger partial charge in [-0.3, -0.25) is 4.79 Å². The number of amides is 1. The van der Waals surface area contributed by atoms with E-state index in [0.717, 1.165) is 4.47 Å². The molecule has 1 fully saturated rings. The highest BCUT2D eigenvalue weighted by Gasteiger charge is 2.60. The minimum Gasteiger partial charge on any atom is -0.496 e. The first-order valence-electron chi connectivity index (χ1n) is 7.02. The first-order valence-corrected chi connectivity index (χ1v) is 7.81. The molecule has 0 unspecified atom stereocenters. The lowest BCUT2D eigenvalue weighted by atomic mass is 9.48. The van der Waals surface area contributed by atoms with Crippen molar-refractivity contribution in [3.05, 3.63) is 28.2 Å². The summed E-state index contributed by atoms with van der Waals surface area (Å²) in [6.07, 6.45) is 0. The maximum absolute atomic E-state index is 12.5. The molecule has 0 saturated heterocycles. The van der Waals surface area contributed by atoms with Gasteiger partial charge < -0.3 is 15.8 Å². The Morgan fingerprint density at radius 3 is 2.33 bits per heavy atom. The summed E-state index contributed by atoms with van der Waals surface area (Å²) in [4.78, 5) is 12.5. The number of nitrogens with two attached hydrogens (primary N) is 1. The minimum atomic E-state index is -0.108. The van der Waals surface area contributed by atoms with Crippen molar-refractivity contribution in [2.45, 2.75) is 39.8 Å². The smallest absolute Gasteiger partial charge is 0.251 e. The Labute approximate surface area is 134 Å². The first kappa shape index (κ1) is 16.3. The monoisotopic (exact) mass is 354 g/mol. The number of ether oxygens (including phenoxy) is 1. The average Bonchev–Trinajstić information content (AvgIpc) is 2.43. The van der Waals surface area contributed by atoms with Crippen molar-refractivity contribution in [1.29, 1.82) is 0 Å². The van der Waals surface area contributed by atoms with Crippen LogP contribution < -0.4 is 15.8 Å². The van der Waals surface area contributed by atoms with E-state index in [2.05, 4.69) is 48.9 Å². The van der Waals surface area contributed by atoms with Gasteiger partial charge in [0.05, 0.1) is 11.6 Å². The Morgan fingerprint density at radius 2 is 1.86 bits per heavy atom. The fourth-order valence-corrected chi connectivity index (χ4v) is 4.12. The highest BCUT2D eigenvalue weighted by molar-refractivity contribution is 9.10. The van der Waals surface area contributed by atoms with Crippen molar-refractivity contribution in [1.82, 2.24) is 5.32 Å². The lowest BCUT2D eigenvalue weighted by Gasteiger charge is -2.62. The lowest BCUT2D eigenvalue weighted by molar-refractivity contribution is -0.0663. The normalized spacial score (nSPS) is 25.9. The molecule has 2 rings (SSSR count). The molecule has 1 aromatic rings. The van der Waals surface area contributed by atoms with Gasteiger partial charge in [-0.15, -0.1) is 0 Å². The van der Waals surface area contributed by atoms with Crippen LogP contribution in [-0.4, -0.2) is 25.1 Å². The van der Waals surface area contributed by atoms with Crippen LogP contribution in [0.3, 0.4) is 0 Å². The Kier molecular flexibility index (Phi) is 4.10. The van der Waals surface area contributed by atoms with Crippen LogP contribution in [0.2, 0.25) is 0 Å². The summed E-state index contributed by atoms with van der Waals surface area (Å²) in [5.41, 5.74) is 6.62. The third-order valence-electron chi connectivity index (χ3n) is 4.78. The summed E-state index contributed by atoms with van der Waals surface area (Å²) < 4.78 is 5.94. The van der Waals surface area contributed by atoms with Gasteiger partial charge in [-0.2, -0.15) is 0 Å². The second-order valence-corrected chi connectivity index (χ2v) is 7.73. The lowest BCUT2D eigenvalue weighted by Crippen LogP contribution is -2.76. The maximum Gasteiger partial charge on any atom is 0.251 e. The van der Waals surface area contributed by atoms with Crippen LogP contribution in [0.4, 0.5) is 0 Å². The van der Waals surface area contributed by atoms with E-state index in [1.807, 2.05) is 0 Å². The van der Waals surface area contributed by atoms with E-state index in [9.17, 15) is 4.79 Å².